The maximum atomic E-state index is 12.9. The molecule has 0 saturated carbocycles. The molecule has 0 N–H and O–H groups in total. The molecule has 0 aromatic carbocycles. The summed E-state index contributed by atoms with van der Waals surface area (Å²) in [6, 6.07) is 0. The number of carbonyl (C=O) groups excluding carboxylic acids is 4. The third-order valence-corrected chi connectivity index (χ3v) is 10.6. The van der Waals surface area contributed by atoms with Gasteiger partial charge in [0.25, 0.3) is 0 Å². The van der Waals surface area contributed by atoms with Crippen LogP contribution < -0.4 is 0 Å². The van der Waals surface area contributed by atoms with Crippen LogP contribution in [0.4, 0.5) is 4.79 Å². The van der Waals surface area contributed by atoms with Crippen LogP contribution in [-0.4, -0.2) is 101 Å². The number of rotatable bonds is 45. The summed E-state index contributed by atoms with van der Waals surface area (Å²) in [4.78, 5) is 51.9. The van der Waals surface area contributed by atoms with Crippen LogP contribution in [-0.2, 0) is 47.5 Å². The van der Waals surface area contributed by atoms with Crippen molar-refractivity contribution in [3.63, 3.8) is 0 Å². The van der Waals surface area contributed by atoms with Crippen molar-refractivity contribution in [2.75, 3.05) is 65.9 Å². The first-order valence-corrected chi connectivity index (χ1v) is 24.5. The van der Waals surface area contributed by atoms with Crippen LogP contribution in [0.5, 0.6) is 0 Å². The van der Waals surface area contributed by atoms with Gasteiger partial charge in [-0.15, -0.1) is 0 Å². The molecule has 0 rings (SSSR count). The summed E-state index contributed by atoms with van der Waals surface area (Å²) in [5.74, 6) is -1.37. The van der Waals surface area contributed by atoms with Gasteiger partial charge in [-0.2, -0.15) is 0 Å². The predicted octanol–water partition coefficient (Wildman–Crippen LogP) is 11.7. The van der Waals surface area contributed by atoms with E-state index in [0.29, 0.717) is 45.5 Å². The van der Waals surface area contributed by atoms with E-state index in [2.05, 4.69) is 39.5 Å². The topological polar surface area (TPSA) is 136 Å². The van der Waals surface area contributed by atoms with Crippen LogP contribution >= 0.6 is 0 Å². The molecule has 0 bridgehead atoms. The molecule has 1 unspecified atom stereocenters. The Kier molecular flexibility index (Phi) is 42.8. The van der Waals surface area contributed by atoms with Gasteiger partial charge in [0.05, 0.1) is 25.6 Å². The highest BCUT2D eigenvalue weighted by Crippen LogP contribution is 2.14. The van der Waals surface area contributed by atoms with Crippen molar-refractivity contribution in [3.05, 3.63) is 0 Å². The molecule has 0 aliphatic rings. The van der Waals surface area contributed by atoms with Crippen LogP contribution in [0.2, 0.25) is 0 Å². The summed E-state index contributed by atoms with van der Waals surface area (Å²) < 4.78 is 39.2. The lowest BCUT2D eigenvalue weighted by molar-refractivity contribution is -0.161. The summed E-state index contributed by atoms with van der Waals surface area (Å²) in [7, 11) is 0. The minimum Gasteiger partial charge on any atom is -0.466 e. The summed E-state index contributed by atoms with van der Waals surface area (Å²) in [6.45, 7) is 15.1. The highest BCUT2D eigenvalue weighted by Gasteiger charge is 2.20. The number of nitrogens with zero attached hydrogens (tertiary/aromatic N) is 1. The highest BCUT2D eigenvalue weighted by molar-refractivity contribution is 5.70. The minimum atomic E-state index is -0.796. The zero-order valence-electron chi connectivity index (χ0n) is 39.3. The van der Waals surface area contributed by atoms with E-state index in [1.54, 1.807) is 0 Å². The molecule has 0 heterocycles. The third-order valence-electron chi connectivity index (χ3n) is 10.6. The van der Waals surface area contributed by atoms with Crippen molar-refractivity contribution in [2.24, 2.45) is 5.92 Å². The number of esters is 3. The summed E-state index contributed by atoms with van der Waals surface area (Å²) in [5.41, 5.74) is 0. The zero-order valence-corrected chi connectivity index (χ0v) is 39.3. The molecule has 0 amide bonds. The largest absolute Gasteiger partial charge is 0.508 e. The lowest BCUT2D eigenvalue weighted by Gasteiger charge is -2.20. The molecule has 0 aliphatic carbocycles. The Bertz CT molecular complexity index is 975. The monoisotopic (exact) mass is 858 g/mol. The molecule has 12 heteroatoms. The zero-order chi connectivity index (χ0) is 44.2. The predicted molar refractivity (Wildman–Crippen MR) is 239 cm³/mol. The van der Waals surface area contributed by atoms with Crippen molar-refractivity contribution in [1.82, 2.24) is 4.90 Å². The molecule has 0 aromatic rings. The van der Waals surface area contributed by atoms with Gasteiger partial charge in [0.1, 0.15) is 19.8 Å². The van der Waals surface area contributed by atoms with E-state index in [1.807, 2.05) is 0 Å². The third kappa shape index (κ3) is 39.7. The second-order valence-corrected chi connectivity index (χ2v) is 16.2. The van der Waals surface area contributed by atoms with Crippen LogP contribution in [0.1, 0.15) is 208 Å². The quantitative estimate of drug-likeness (QED) is 0.0249. The lowest BCUT2D eigenvalue weighted by atomic mass is 10.1. The van der Waals surface area contributed by atoms with E-state index in [4.69, 9.17) is 33.2 Å². The van der Waals surface area contributed by atoms with Gasteiger partial charge in [-0.25, -0.2) is 4.79 Å². The Morgan fingerprint density at radius 2 is 0.817 bits per heavy atom. The molecule has 0 saturated heterocycles. The molecular weight excluding hydrogens is 767 g/mol. The summed E-state index contributed by atoms with van der Waals surface area (Å²) in [6.07, 6.45) is 24.5. The van der Waals surface area contributed by atoms with Gasteiger partial charge in [-0.3, -0.25) is 14.4 Å². The smallest absolute Gasteiger partial charge is 0.466 e. The average Bonchev–Trinajstić information content (AvgIpc) is 3.24. The van der Waals surface area contributed by atoms with E-state index < -0.39 is 24.3 Å². The van der Waals surface area contributed by atoms with Crippen molar-refractivity contribution < 1.29 is 52.3 Å². The first kappa shape index (κ1) is 57.6. The molecule has 0 aliphatic heterocycles. The number of carbonyl (C=O) groups is 4. The standard InChI is InChI=1S/C48H91NO11/c1-6-11-14-16-24-28-37-55-47(56-38-29-25-17-15-12-7-2)34-33-46(52)59-41-43(42-60-48(53)57-39-30-35-49(9-4)10-5)40-58-45(51)32-27-23-21-19-18-20-22-26-31-44(50)54-36-13-8-3/h43,47H,6-42H2,1-5H3. The van der Waals surface area contributed by atoms with Crippen LogP contribution in [0.3, 0.4) is 0 Å². The van der Waals surface area contributed by atoms with Gasteiger partial charge in [0.2, 0.25) is 0 Å². The molecule has 60 heavy (non-hydrogen) atoms. The Morgan fingerprint density at radius 1 is 0.400 bits per heavy atom. The van der Waals surface area contributed by atoms with Crippen LogP contribution in [0.15, 0.2) is 0 Å². The SMILES string of the molecule is CCCCCCCCOC(CCC(=O)OCC(COC(=O)CCCCCCCCCCC(=O)OCCCC)COC(=O)OCCCN(CC)CC)OCCCCCCCC. The van der Waals surface area contributed by atoms with E-state index >= 15 is 0 Å². The van der Waals surface area contributed by atoms with Crippen LogP contribution in [0, 0.1) is 5.92 Å². The Labute approximate surface area is 366 Å². The van der Waals surface area contributed by atoms with Gasteiger partial charge >= 0.3 is 24.1 Å². The van der Waals surface area contributed by atoms with Gasteiger partial charge in [-0.1, -0.05) is 144 Å². The maximum Gasteiger partial charge on any atom is 0.508 e. The Balaban J connectivity index is 4.82. The van der Waals surface area contributed by atoms with E-state index in [1.165, 1.54) is 51.4 Å². The van der Waals surface area contributed by atoms with Gasteiger partial charge in [0, 0.05) is 39.0 Å². The Hall–Kier alpha value is -2.44. The fraction of sp³-hybridized carbons (Fsp3) is 0.917. The number of ether oxygens (including phenoxy) is 7. The van der Waals surface area contributed by atoms with E-state index in [0.717, 1.165) is 110 Å². The normalized spacial score (nSPS) is 11.8. The Morgan fingerprint density at radius 3 is 1.32 bits per heavy atom. The molecule has 12 nitrogen and oxygen atoms in total. The van der Waals surface area contributed by atoms with Gasteiger partial charge in [-0.05, 0) is 51.6 Å². The highest BCUT2D eigenvalue weighted by atomic mass is 16.7. The fourth-order valence-electron chi connectivity index (χ4n) is 6.57. The average molecular weight is 858 g/mol. The molecule has 0 aromatic heterocycles. The molecule has 354 valence electrons. The van der Waals surface area contributed by atoms with Crippen molar-refractivity contribution in [1.29, 1.82) is 0 Å². The molecule has 1 atom stereocenters. The fourth-order valence-corrected chi connectivity index (χ4v) is 6.57. The second kappa shape index (κ2) is 44.6. The second-order valence-electron chi connectivity index (χ2n) is 16.2. The molecular formula is C48H91NO11. The first-order valence-electron chi connectivity index (χ1n) is 24.5. The van der Waals surface area contributed by atoms with Crippen molar-refractivity contribution >= 4 is 24.1 Å². The number of hydrogen-bond acceptors (Lipinski definition) is 12. The summed E-state index contributed by atoms with van der Waals surface area (Å²) >= 11 is 0. The van der Waals surface area contributed by atoms with Crippen molar-refractivity contribution in [2.45, 2.75) is 214 Å². The summed E-state index contributed by atoms with van der Waals surface area (Å²) in [5, 5.41) is 0. The van der Waals surface area contributed by atoms with E-state index in [9.17, 15) is 19.2 Å². The number of hydrogen-bond donors (Lipinski definition) is 0. The van der Waals surface area contributed by atoms with Crippen LogP contribution in [0.25, 0.3) is 0 Å². The van der Waals surface area contributed by atoms with Gasteiger partial charge in [0.15, 0.2) is 6.29 Å². The molecule has 0 fully saturated rings. The number of unbranched alkanes of at least 4 members (excludes halogenated alkanes) is 18. The minimum absolute atomic E-state index is 0.0428. The molecule has 0 radical (unpaired) electrons. The van der Waals surface area contributed by atoms with Gasteiger partial charge < -0.3 is 38.1 Å². The van der Waals surface area contributed by atoms with E-state index in [-0.39, 0.29) is 44.8 Å². The van der Waals surface area contributed by atoms with Crippen molar-refractivity contribution in [3.8, 4) is 0 Å². The lowest BCUT2D eigenvalue weighted by Crippen LogP contribution is -2.28. The maximum absolute atomic E-state index is 12.9. The first-order chi connectivity index (χ1) is 29.3. The molecule has 0 spiro atoms.